The number of rotatable bonds is 5. The van der Waals surface area contributed by atoms with Gasteiger partial charge in [0.25, 0.3) is 0 Å². The van der Waals surface area contributed by atoms with Crippen LogP contribution in [0.15, 0.2) is 66.4 Å². The molecule has 0 aliphatic carbocycles. The van der Waals surface area contributed by atoms with Crippen molar-refractivity contribution in [2.45, 2.75) is 18.9 Å². The Morgan fingerprint density at radius 1 is 1.13 bits per heavy atom. The average molecular weight is 427 g/mol. The van der Waals surface area contributed by atoms with Crippen molar-refractivity contribution in [2.24, 2.45) is 0 Å². The minimum atomic E-state index is 0.401. The average Bonchev–Trinajstić information content (AvgIpc) is 3.56. The Kier molecular flexibility index (Phi) is 4.66. The molecule has 5 heterocycles. The van der Waals surface area contributed by atoms with Crippen molar-refractivity contribution >= 4 is 32.5 Å². The summed E-state index contributed by atoms with van der Waals surface area (Å²) in [5.74, 6) is 0.793. The van der Waals surface area contributed by atoms with Crippen LogP contribution in [0.2, 0.25) is 0 Å². The van der Waals surface area contributed by atoms with E-state index in [4.69, 9.17) is 9.72 Å². The van der Waals surface area contributed by atoms with Gasteiger partial charge < -0.3 is 15.0 Å². The van der Waals surface area contributed by atoms with Crippen molar-refractivity contribution in [1.82, 2.24) is 20.3 Å². The topological polar surface area (TPSA) is 62.8 Å². The summed E-state index contributed by atoms with van der Waals surface area (Å²) in [5, 5.41) is 6.89. The molecule has 0 radical (unpaired) electrons. The number of fused-ring (bicyclic) bond motifs is 2. The lowest BCUT2D eigenvalue weighted by Gasteiger charge is -2.15. The number of thiophene rings is 1. The molecule has 31 heavy (non-hydrogen) atoms. The predicted octanol–water partition coefficient (Wildman–Crippen LogP) is 5.64. The molecule has 154 valence electrons. The summed E-state index contributed by atoms with van der Waals surface area (Å²) in [7, 11) is 0. The molecule has 1 atom stereocenters. The molecule has 1 saturated heterocycles. The van der Waals surface area contributed by atoms with E-state index in [1.54, 1.807) is 11.3 Å². The lowest BCUT2D eigenvalue weighted by atomic mass is 10.00. The third-order valence-electron chi connectivity index (χ3n) is 5.96. The molecular formula is C25H22N4OS. The number of benzene rings is 1. The summed E-state index contributed by atoms with van der Waals surface area (Å²) < 4.78 is 7.53. The summed E-state index contributed by atoms with van der Waals surface area (Å²) >= 11 is 1.76. The van der Waals surface area contributed by atoms with Gasteiger partial charge in [0.15, 0.2) is 0 Å². The largest absolute Gasteiger partial charge is 0.490 e. The zero-order valence-electron chi connectivity index (χ0n) is 17.0. The highest BCUT2D eigenvalue weighted by atomic mass is 32.1. The van der Waals surface area contributed by atoms with E-state index >= 15 is 0 Å². The standard InChI is InChI=1S/C25H22N4OS/c1-3-18(27-9-1)15-30-21-14-26-11-7-19(21)24-23(25-20(29-24)4-2-10-28-25)17-6-5-16-8-12-31-22(16)13-17/h2,4-8,10-14,18,27,29H,1,3,9,15H2/t18-/m0/s1. The zero-order valence-corrected chi connectivity index (χ0v) is 17.8. The van der Waals surface area contributed by atoms with E-state index < -0.39 is 0 Å². The first-order valence-corrected chi connectivity index (χ1v) is 11.5. The number of hydrogen-bond donors (Lipinski definition) is 2. The zero-order chi connectivity index (χ0) is 20.6. The number of H-pyrrole nitrogens is 1. The first-order chi connectivity index (χ1) is 15.4. The van der Waals surface area contributed by atoms with Gasteiger partial charge in [0.2, 0.25) is 0 Å². The number of nitrogens with zero attached hydrogens (tertiary/aromatic N) is 2. The van der Waals surface area contributed by atoms with Crippen LogP contribution in [0.3, 0.4) is 0 Å². The van der Waals surface area contributed by atoms with Crippen LogP contribution in [0.25, 0.3) is 43.5 Å². The number of ether oxygens (including phenoxy) is 1. The van der Waals surface area contributed by atoms with Crippen molar-refractivity contribution < 1.29 is 4.74 Å². The minimum absolute atomic E-state index is 0.401. The third-order valence-corrected chi connectivity index (χ3v) is 6.83. The van der Waals surface area contributed by atoms with E-state index in [-0.39, 0.29) is 0 Å². The van der Waals surface area contributed by atoms with E-state index in [0.717, 1.165) is 52.1 Å². The number of pyridine rings is 2. The highest BCUT2D eigenvalue weighted by molar-refractivity contribution is 7.17. The monoisotopic (exact) mass is 426 g/mol. The Morgan fingerprint density at radius 2 is 2.13 bits per heavy atom. The number of nitrogens with one attached hydrogen (secondary N) is 2. The third kappa shape index (κ3) is 3.38. The molecule has 1 fully saturated rings. The molecule has 0 bridgehead atoms. The van der Waals surface area contributed by atoms with Gasteiger partial charge in [-0.1, -0.05) is 12.1 Å². The summed E-state index contributed by atoms with van der Waals surface area (Å²) in [6.45, 7) is 1.71. The van der Waals surface area contributed by atoms with Crippen molar-refractivity contribution in [2.75, 3.05) is 13.2 Å². The van der Waals surface area contributed by atoms with Crippen LogP contribution < -0.4 is 10.1 Å². The maximum atomic E-state index is 6.26. The van der Waals surface area contributed by atoms with Crippen LogP contribution in [0.5, 0.6) is 5.75 Å². The quantitative estimate of drug-likeness (QED) is 0.382. The molecule has 6 heteroatoms. The van der Waals surface area contributed by atoms with Crippen molar-refractivity contribution in [1.29, 1.82) is 0 Å². The molecule has 5 nitrogen and oxygen atoms in total. The maximum Gasteiger partial charge on any atom is 0.146 e. The van der Waals surface area contributed by atoms with Gasteiger partial charge in [0.1, 0.15) is 12.4 Å². The SMILES string of the molecule is c1cnc2c(-c3ccc4ccsc4c3)c(-c3ccncc3OC[C@@H]3CCCN3)[nH]c2c1. The number of aromatic amines is 1. The summed E-state index contributed by atoms with van der Waals surface area (Å²) in [6.07, 6.45) is 7.84. The first-order valence-electron chi connectivity index (χ1n) is 10.6. The fourth-order valence-electron chi connectivity index (χ4n) is 4.41. The normalized spacial score (nSPS) is 16.3. The molecular weight excluding hydrogens is 404 g/mol. The van der Waals surface area contributed by atoms with Gasteiger partial charge in [-0.05, 0) is 66.0 Å². The van der Waals surface area contributed by atoms with Crippen LogP contribution >= 0.6 is 11.3 Å². The van der Waals surface area contributed by atoms with Crippen LogP contribution in [0, 0.1) is 0 Å². The Hall–Kier alpha value is -3.22. The molecule has 2 N–H and O–H groups in total. The van der Waals surface area contributed by atoms with E-state index in [0.29, 0.717) is 12.6 Å². The minimum Gasteiger partial charge on any atom is -0.490 e. The Labute approximate surface area is 184 Å². The fourth-order valence-corrected chi connectivity index (χ4v) is 5.23. The van der Waals surface area contributed by atoms with Crippen LogP contribution in [-0.2, 0) is 0 Å². The van der Waals surface area contributed by atoms with E-state index in [2.05, 4.69) is 51.0 Å². The van der Waals surface area contributed by atoms with Gasteiger partial charge in [0, 0.05) is 34.3 Å². The molecule has 0 spiro atoms. The fraction of sp³-hybridized carbons (Fsp3) is 0.200. The van der Waals surface area contributed by atoms with Gasteiger partial charge in [-0.25, -0.2) is 0 Å². The lowest BCUT2D eigenvalue weighted by molar-refractivity contribution is 0.277. The predicted molar refractivity (Wildman–Crippen MR) is 127 cm³/mol. The molecule has 6 rings (SSSR count). The molecule has 5 aromatic rings. The second kappa shape index (κ2) is 7.80. The van der Waals surface area contributed by atoms with Crippen LogP contribution in [0.1, 0.15) is 12.8 Å². The van der Waals surface area contributed by atoms with Crippen molar-refractivity contribution in [3.63, 3.8) is 0 Å². The van der Waals surface area contributed by atoms with Gasteiger partial charge in [-0.15, -0.1) is 11.3 Å². The van der Waals surface area contributed by atoms with Crippen LogP contribution in [-0.4, -0.2) is 34.1 Å². The van der Waals surface area contributed by atoms with E-state index in [1.807, 2.05) is 30.7 Å². The van der Waals surface area contributed by atoms with Crippen LogP contribution in [0.4, 0.5) is 0 Å². The molecule has 0 unspecified atom stereocenters. The maximum absolute atomic E-state index is 6.26. The summed E-state index contributed by atoms with van der Waals surface area (Å²) in [4.78, 5) is 12.7. The summed E-state index contributed by atoms with van der Waals surface area (Å²) in [6, 6.07) is 15.2. The van der Waals surface area contributed by atoms with Gasteiger partial charge in [0.05, 0.1) is 22.9 Å². The number of aromatic nitrogens is 3. The van der Waals surface area contributed by atoms with Gasteiger partial charge in [-0.2, -0.15) is 0 Å². The lowest BCUT2D eigenvalue weighted by Crippen LogP contribution is -2.28. The van der Waals surface area contributed by atoms with Crippen molar-refractivity contribution in [3.8, 4) is 28.1 Å². The Balaban J connectivity index is 1.50. The molecule has 1 aromatic carbocycles. The first kappa shape index (κ1) is 18.5. The van der Waals surface area contributed by atoms with Crippen molar-refractivity contribution in [3.05, 3.63) is 66.4 Å². The van der Waals surface area contributed by atoms with E-state index in [9.17, 15) is 0 Å². The molecule has 4 aromatic heterocycles. The van der Waals surface area contributed by atoms with Gasteiger partial charge in [-0.3, -0.25) is 9.97 Å². The highest BCUT2D eigenvalue weighted by Crippen LogP contribution is 2.41. The Bertz CT molecular complexity index is 1370. The molecule has 1 aliphatic heterocycles. The molecule has 1 aliphatic rings. The smallest absolute Gasteiger partial charge is 0.146 e. The summed E-state index contributed by atoms with van der Waals surface area (Å²) in [5.41, 5.74) is 6.25. The van der Waals surface area contributed by atoms with E-state index in [1.165, 1.54) is 16.5 Å². The second-order valence-electron chi connectivity index (χ2n) is 7.92. The van der Waals surface area contributed by atoms with Gasteiger partial charge >= 0.3 is 0 Å². The Morgan fingerprint density at radius 3 is 3.06 bits per heavy atom. The molecule has 0 saturated carbocycles. The number of hydrogen-bond acceptors (Lipinski definition) is 5. The molecule has 0 amide bonds. The second-order valence-corrected chi connectivity index (χ2v) is 8.87. The highest BCUT2D eigenvalue weighted by Gasteiger charge is 2.21.